The molecular weight excluding hydrogens is 216 g/mol. The van der Waals surface area contributed by atoms with E-state index >= 15 is 0 Å². The molecule has 0 saturated carbocycles. The molecule has 0 fully saturated rings. The van der Waals surface area contributed by atoms with Gasteiger partial charge in [0.05, 0.1) is 12.2 Å². The fraction of sp³-hybridized carbons (Fsp3) is 0.200. The summed E-state index contributed by atoms with van der Waals surface area (Å²) in [7, 11) is 0. The molecule has 0 aliphatic rings. The van der Waals surface area contributed by atoms with Gasteiger partial charge < -0.3 is 4.52 Å². The highest BCUT2D eigenvalue weighted by Gasteiger charge is 2.05. The second-order valence-electron chi connectivity index (χ2n) is 3.21. The van der Waals surface area contributed by atoms with Gasteiger partial charge in [-0.15, -0.1) is 0 Å². The lowest BCUT2D eigenvalue weighted by Crippen LogP contribution is -2.19. The molecule has 0 atom stereocenters. The minimum atomic E-state index is -0.156. The maximum Gasteiger partial charge on any atom is 0.252 e. The van der Waals surface area contributed by atoms with Gasteiger partial charge in [-0.05, 0) is 13.0 Å². The smallest absolute Gasteiger partial charge is 0.252 e. The van der Waals surface area contributed by atoms with E-state index in [2.05, 4.69) is 5.16 Å². The van der Waals surface area contributed by atoms with Crippen LogP contribution in [0.5, 0.6) is 0 Å². The molecule has 15 heavy (non-hydrogen) atoms. The van der Waals surface area contributed by atoms with Gasteiger partial charge >= 0.3 is 0 Å². The van der Waals surface area contributed by atoms with Crippen molar-refractivity contribution in [2.24, 2.45) is 0 Å². The van der Waals surface area contributed by atoms with Crippen LogP contribution in [0, 0.1) is 6.92 Å². The van der Waals surface area contributed by atoms with Gasteiger partial charge in [-0.25, -0.2) is 0 Å². The molecule has 2 aromatic rings. The van der Waals surface area contributed by atoms with E-state index < -0.39 is 0 Å². The van der Waals surface area contributed by atoms with E-state index in [-0.39, 0.29) is 5.56 Å². The van der Waals surface area contributed by atoms with E-state index in [1.165, 1.54) is 10.6 Å². The Labute approximate surface area is 91.1 Å². The molecule has 2 rings (SSSR count). The molecule has 5 heteroatoms. The van der Waals surface area contributed by atoms with Gasteiger partial charge in [0, 0.05) is 12.1 Å². The Balaban J connectivity index is 2.36. The van der Waals surface area contributed by atoms with Crippen LogP contribution in [0.15, 0.2) is 33.6 Å². The second kappa shape index (κ2) is 3.90. The lowest BCUT2D eigenvalue weighted by Gasteiger charge is -2.03. The molecule has 0 unspecified atom stereocenters. The van der Waals surface area contributed by atoms with Gasteiger partial charge in [-0.3, -0.25) is 9.36 Å². The molecule has 0 N–H and O–H groups in total. The van der Waals surface area contributed by atoms with E-state index in [0.29, 0.717) is 17.5 Å². The van der Waals surface area contributed by atoms with E-state index in [0.717, 1.165) is 5.69 Å². The zero-order valence-electron chi connectivity index (χ0n) is 8.11. The van der Waals surface area contributed by atoms with Crippen molar-refractivity contribution in [3.63, 3.8) is 0 Å². The van der Waals surface area contributed by atoms with Crippen LogP contribution in [0.2, 0.25) is 5.15 Å². The highest BCUT2D eigenvalue weighted by atomic mass is 35.5. The topological polar surface area (TPSA) is 48.0 Å². The summed E-state index contributed by atoms with van der Waals surface area (Å²) in [5.74, 6) is 0.614. The van der Waals surface area contributed by atoms with Crippen LogP contribution in [-0.2, 0) is 6.54 Å². The Kier molecular flexibility index (Phi) is 2.60. The van der Waals surface area contributed by atoms with Crippen molar-refractivity contribution in [1.82, 2.24) is 9.72 Å². The van der Waals surface area contributed by atoms with Crippen molar-refractivity contribution < 1.29 is 4.52 Å². The Hall–Kier alpha value is -1.55. The number of aryl methyl sites for hydroxylation is 1. The summed E-state index contributed by atoms with van der Waals surface area (Å²) in [6, 6.07) is 6.50. The summed E-state index contributed by atoms with van der Waals surface area (Å²) in [6.07, 6.45) is 0. The molecule has 0 aliphatic carbocycles. The molecule has 4 nitrogen and oxygen atoms in total. The second-order valence-corrected chi connectivity index (χ2v) is 3.59. The van der Waals surface area contributed by atoms with Crippen molar-refractivity contribution >= 4 is 11.6 Å². The third-order valence-electron chi connectivity index (χ3n) is 1.99. The zero-order valence-corrected chi connectivity index (χ0v) is 8.86. The third kappa shape index (κ3) is 2.10. The molecule has 2 aromatic heterocycles. The number of hydrogen-bond acceptors (Lipinski definition) is 3. The predicted molar refractivity (Wildman–Crippen MR) is 56.1 cm³/mol. The average molecular weight is 225 g/mol. The van der Waals surface area contributed by atoms with Gasteiger partial charge in [0.1, 0.15) is 5.15 Å². The van der Waals surface area contributed by atoms with Crippen molar-refractivity contribution in [3.05, 3.63) is 51.2 Å². The molecule has 2 heterocycles. The number of halogens is 1. The lowest BCUT2D eigenvalue weighted by molar-refractivity contribution is 0.371. The maximum atomic E-state index is 11.5. The minimum absolute atomic E-state index is 0.156. The molecule has 0 radical (unpaired) electrons. The van der Waals surface area contributed by atoms with Crippen LogP contribution in [0.3, 0.4) is 0 Å². The van der Waals surface area contributed by atoms with Crippen LogP contribution in [0.1, 0.15) is 11.5 Å². The molecule has 0 aliphatic heterocycles. The monoisotopic (exact) mass is 224 g/mol. The summed E-state index contributed by atoms with van der Waals surface area (Å²) < 4.78 is 6.43. The Morgan fingerprint density at radius 1 is 1.53 bits per heavy atom. The van der Waals surface area contributed by atoms with Crippen molar-refractivity contribution in [2.45, 2.75) is 13.5 Å². The average Bonchev–Trinajstić information content (AvgIpc) is 2.58. The van der Waals surface area contributed by atoms with E-state index in [1.807, 2.05) is 6.92 Å². The maximum absolute atomic E-state index is 11.5. The molecule has 0 spiro atoms. The SMILES string of the molecule is Cc1cc(Cn2c(Cl)cccc2=O)on1. The first kappa shape index (κ1) is 9.98. The molecule has 0 amide bonds. The largest absolute Gasteiger partial charge is 0.359 e. The Bertz CT molecular complexity index is 530. The van der Waals surface area contributed by atoms with Gasteiger partial charge in [0.25, 0.3) is 5.56 Å². The number of hydrogen-bond donors (Lipinski definition) is 0. The minimum Gasteiger partial charge on any atom is -0.359 e. The van der Waals surface area contributed by atoms with Gasteiger partial charge in [0.15, 0.2) is 5.76 Å². The first-order valence-electron chi connectivity index (χ1n) is 4.44. The fourth-order valence-electron chi connectivity index (χ4n) is 1.30. The quantitative estimate of drug-likeness (QED) is 0.732. The van der Waals surface area contributed by atoms with Crippen LogP contribution >= 0.6 is 11.6 Å². The van der Waals surface area contributed by atoms with Gasteiger partial charge in [0.2, 0.25) is 0 Å². The molecular formula is C10H9ClN2O2. The predicted octanol–water partition coefficient (Wildman–Crippen LogP) is 1.85. The van der Waals surface area contributed by atoms with E-state index in [1.54, 1.807) is 18.2 Å². The number of pyridine rings is 1. The third-order valence-corrected chi connectivity index (χ3v) is 2.32. The zero-order chi connectivity index (χ0) is 10.8. The van der Waals surface area contributed by atoms with Crippen molar-refractivity contribution in [1.29, 1.82) is 0 Å². The van der Waals surface area contributed by atoms with Gasteiger partial charge in [-0.2, -0.15) is 0 Å². The fourth-order valence-corrected chi connectivity index (χ4v) is 1.51. The summed E-state index contributed by atoms with van der Waals surface area (Å²) in [5, 5.41) is 4.12. The van der Waals surface area contributed by atoms with Crippen molar-refractivity contribution in [3.8, 4) is 0 Å². The summed E-state index contributed by atoms with van der Waals surface area (Å²) in [6.45, 7) is 2.13. The summed E-state index contributed by atoms with van der Waals surface area (Å²) in [5.41, 5.74) is 0.627. The molecule has 0 aromatic carbocycles. The van der Waals surface area contributed by atoms with Crippen LogP contribution in [-0.4, -0.2) is 9.72 Å². The van der Waals surface area contributed by atoms with Crippen molar-refractivity contribution in [2.75, 3.05) is 0 Å². The number of aromatic nitrogens is 2. The first-order chi connectivity index (χ1) is 7.16. The van der Waals surface area contributed by atoms with E-state index in [4.69, 9.17) is 16.1 Å². The standard InChI is InChI=1S/C10H9ClN2O2/c1-7-5-8(15-12-7)6-13-9(11)3-2-4-10(13)14/h2-5H,6H2,1H3. The summed E-state index contributed by atoms with van der Waals surface area (Å²) >= 11 is 5.89. The Morgan fingerprint density at radius 2 is 2.33 bits per heavy atom. The van der Waals surface area contributed by atoms with E-state index in [9.17, 15) is 4.79 Å². The number of nitrogens with zero attached hydrogens (tertiary/aromatic N) is 2. The molecule has 0 saturated heterocycles. The van der Waals surface area contributed by atoms with Crippen LogP contribution in [0.4, 0.5) is 0 Å². The summed E-state index contributed by atoms with van der Waals surface area (Å²) in [4.78, 5) is 11.5. The van der Waals surface area contributed by atoms with Crippen LogP contribution in [0.25, 0.3) is 0 Å². The van der Waals surface area contributed by atoms with Crippen LogP contribution < -0.4 is 5.56 Å². The highest BCUT2D eigenvalue weighted by Crippen LogP contribution is 2.09. The normalized spacial score (nSPS) is 10.5. The number of rotatable bonds is 2. The highest BCUT2D eigenvalue weighted by molar-refractivity contribution is 6.29. The molecule has 0 bridgehead atoms. The first-order valence-corrected chi connectivity index (χ1v) is 4.82. The molecule has 78 valence electrons. The Morgan fingerprint density at radius 3 is 2.93 bits per heavy atom. The lowest BCUT2D eigenvalue weighted by atomic mass is 10.3. The van der Waals surface area contributed by atoms with Gasteiger partial charge in [-0.1, -0.05) is 22.8 Å².